The summed E-state index contributed by atoms with van der Waals surface area (Å²) in [7, 11) is 3.44. The largest absolute Gasteiger partial charge is 0.347 e. The van der Waals surface area contributed by atoms with Crippen LogP contribution in [0.15, 0.2) is 0 Å². The third-order valence-corrected chi connectivity index (χ3v) is 2.82. The van der Waals surface area contributed by atoms with Crippen molar-refractivity contribution in [3.8, 4) is 0 Å². The van der Waals surface area contributed by atoms with Crippen molar-refractivity contribution in [2.24, 2.45) is 11.5 Å². The average molecular weight is 185 g/mol. The molecule has 1 aliphatic rings. The molecule has 0 aromatic carbocycles. The van der Waals surface area contributed by atoms with Gasteiger partial charge in [0, 0.05) is 20.1 Å². The lowest BCUT2D eigenvalue weighted by molar-refractivity contribution is -0.136. The molecule has 0 saturated heterocycles. The van der Waals surface area contributed by atoms with Crippen LogP contribution >= 0.6 is 0 Å². The van der Waals surface area contributed by atoms with Crippen LogP contribution in [-0.4, -0.2) is 36.5 Å². The lowest BCUT2D eigenvalue weighted by Crippen LogP contribution is -2.65. The van der Waals surface area contributed by atoms with Gasteiger partial charge in [-0.25, -0.2) is 0 Å². The molecular formula is C9H19N3O. The van der Waals surface area contributed by atoms with Crippen LogP contribution in [0.5, 0.6) is 0 Å². The summed E-state index contributed by atoms with van der Waals surface area (Å²) >= 11 is 0. The molecular weight excluding hydrogens is 166 g/mol. The molecule has 13 heavy (non-hydrogen) atoms. The molecule has 0 spiro atoms. The molecule has 0 aromatic rings. The number of hydrogen-bond donors (Lipinski definition) is 2. The monoisotopic (exact) mass is 185 g/mol. The standard InChI is InChI=1S/C9H19N3O/c1-12(2)8(13)9(11)6-4-3-5-7(9)10/h7H,3-6,10-11H2,1-2H3. The van der Waals surface area contributed by atoms with Crippen LogP contribution in [-0.2, 0) is 4.79 Å². The Bertz CT molecular complexity index is 205. The molecule has 0 heterocycles. The van der Waals surface area contributed by atoms with Gasteiger partial charge in [0.25, 0.3) is 0 Å². The molecule has 1 amide bonds. The van der Waals surface area contributed by atoms with E-state index in [-0.39, 0.29) is 11.9 Å². The molecule has 1 fully saturated rings. The Labute approximate surface area is 79.3 Å². The van der Waals surface area contributed by atoms with Gasteiger partial charge in [-0.1, -0.05) is 12.8 Å². The average Bonchev–Trinajstić information content (AvgIpc) is 2.09. The molecule has 4 N–H and O–H groups in total. The predicted molar refractivity (Wildman–Crippen MR) is 52.1 cm³/mol. The molecule has 0 bridgehead atoms. The summed E-state index contributed by atoms with van der Waals surface area (Å²) in [4.78, 5) is 13.3. The second-order valence-corrected chi connectivity index (χ2v) is 4.09. The van der Waals surface area contributed by atoms with Crippen molar-refractivity contribution in [2.75, 3.05) is 14.1 Å². The molecule has 0 aromatic heterocycles. The van der Waals surface area contributed by atoms with Crippen molar-refractivity contribution >= 4 is 5.91 Å². The second-order valence-electron chi connectivity index (χ2n) is 4.09. The SMILES string of the molecule is CN(C)C(=O)C1(N)CCCCC1N. The van der Waals surface area contributed by atoms with Gasteiger partial charge in [-0.3, -0.25) is 4.79 Å². The molecule has 0 aliphatic heterocycles. The van der Waals surface area contributed by atoms with Crippen molar-refractivity contribution in [3.63, 3.8) is 0 Å². The minimum Gasteiger partial charge on any atom is -0.347 e. The van der Waals surface area contributed by atoms with E-state index in [0.29, 0.717) is 6.42 Å². The number of nitrogens with two attached hydrogens (primary N) is 2. The molecule has 1 rings (SSSR count). The van der Waals surface area contributed by atoms with Crippen LogP contribution in [0.1, 0.15) is 25.7 Å². The van der Waals surface area contributed by atoms with Gasteiger partial charge in [0.15, 0.2) is 0 Å². The van der Waals surface area contributed by atoms with Gasteiger partial charge in [-0.2, -0.15) is 0 Å². The smallest absolute Gasteiger partial charge is 0.243 e. The third kappa shape index (κ3) is 1.84. The first-order valence-corrected chi connectivity index (χ1v) is 4.74. The summed E-state index contributed by atoms with van der Waals surface area (Å²) in [5, 5.41) is 0. The third-order valence-electron chi connectivity index (χ3n) is 2.82. The maximum absolute atomic E-state index is 11.8. The van der Waals surface area contributed by atoms with E-state index in [9.17, 15) is 4.79 Å². The minimum atomic E-state index is -0.818. The summed E-state index contributed by atoms with van der Waals surface area (Å²) < 4.78 is 0. The number of amides is 1. The van der Waals surface area contributed by atoms with Crippen LogP contribution in [0.4, 0.5) is 0 Å². The molecule has 4 heteroatoms. The van der Waals surface area contributed by atoms with E-state index in [1.54, 1.807) is 14.1 Å². The van der Waals surface area contributed by atoms with Gasteiger partial charge < -0.3 is 16.4 Å². The molecule has 2 atom stereocenters. The van der Waals surface area contributed by atoms with Crippen molar-refractivity contribution < 1.29 is 4.79 Å². The Kier molecular flexibility index (Phi) is 2.93. The van der Waals surface area contributed by atoms with Crippen molar-refractivity contribution in [2.45, 2.75) is 37.3 Å². The highest BCUT2D eigenvalue weighted by Gasteiger charge is 2.42. The van der Waals surface area contributed by atoms with E-state index < -0.39 is 5.54 Å². The van der Waals surface area contributed by atoms with E-state index >= 15 is 0 Å². The van der Waals surface area contributed by atoms with Gasteiger partial charge in [0.1, 0.15) is 5.54 Å². The summed E-state index contributed by atoms with van der Waals surface area (Å²) in [5.74, 6) is -0.0419. The lowest BCUT2D eigenvalue weighted by atomic mass is 9.77. The Morgan fingerprint density at radius 3 is 2.54 bits per heavy atom. The fourth-order valence-electron chi connectivity index (χ4n) is 1.91. The zero-order chi connectivity index (χ0) is 10.1. The Morgan fingerprint density at radius 1 is 1.46 bits per heavy atom. The predicted octanol–water partition coefficient (Wildman–Crippen LogP) is -0.327. The summed E-state index contributed by atoms with van der Waals surface area (Å²) in [6.45, 7) is 0. The molecule has 1 saturated carbocycles. The molecule has 76 valence electrons. The van der Waals surface area contributed by atoms with Gasteiger partial charge in [-0.15, -0.1) is 0 Å². The first-order chi connectivity index (χ1) is 5.98. The maximum Gasteiger partial charge on any atom is 0.243 e. The number of rotatable bonds is 1. The van der Waals surface area contributed by atoms with Crippen LogP contribution in [0, 0.1) is 0 Å². The molecule has 2 unspecified atom stereocenters. The zero-order valence-electron chi connectivity index (χ0n) is 8.42. The van der Waals surface area contributed by atoms with E-state index in [0.717, 1.165) is 19.3 Å². The zero-order valence-corrected chi connectivity index (χ0v) is 8.42. The summed E-state index contributed by atoms with van der Waals surface area (Å²) in [6, 6.07) is -0.184. The van der Waals surface area contributed by atoms with Crippen molar-refractivity contribution in [3.05, 3.63) is 0 Å². The van der Waals surface area contributed by atoms with E-state index in [1.165, 1.54) is 4.90 Å². The molecule has 1 aliphatic carbocycles. The van der Waals surface area contributed by atoms with E-state index in [1.807, 2.05) is 0 Å². The minimum absolute atomic E-state index is 0.0419. The van der Waals surface area contributed by atoms with E-state index in [4.69, 9.17) is 11.5 Å². The maximum atomic E-state index is 11.8. The van der Waals surface area contributed by atoms with Gasteiger partial charge >= 0.3 is 0 Å². The first kappa shape index (κ1) is 10.5. The van der Waals surface area contributed by atoms with Crippen LogP contribution < -0.4 is 11.5 Å². The number of carbonyl (C=O) groups is 1. The van der Waals surface area contributed by atoms with Crippen molar-refractivity contribution in [1.82, 2.24) is 4.90 Å². The molecule has 0 radical (unpaired) electrons. The highest BCUT2D eigenvalue weighted by Crippen LogP contribution is 2.26. The van der Waals surface area contributed by atoms with Crippen LogP contribution in [0.2, 0.25) is 0 Å². The highest BCUT2D eigenvalue weighted by molar-refractivity contribution is 5.86. The number of likely N-dealkylation sites (N-methyl/N-ethyl adjacent to an activating group) is 1. The van der Waals surface area contributed by atoms with E-state index in [2.05, 4.69) is 0 Å². The van der Waals surface area contributed by atoms with Crippen LogP contribution in [0.25, 0.3) is 0 Å². The van der Waals surface area contributed by atoms with Gasteiger partial charge in [-0.05, 0) is 12.8 Å². The summed E-state index contributed by atoms with van der Waals surface area (Å²) in [6.07, 6.45) is 3.66. The highest BCUT2D eigenvalue weighted by atomic mass is 16.2. The van der Waals surface area contributed by atoms with Gasteiger partial charge in [0.05, 0.1) is 0 Å². The fraction of sp³-hybridized carbons (Fsp3) is 0.889. The number of hydrogen-bond acceptors (Lipinski definition) is 3. The second kappa shape index (κ2) is 3.64. The Balaban J connectivity index is 2.77. The topological polar surface area (TPSA) is 72.3 Å². The number of nitrogens with zero attached hydrogens (tertiary/aromatic N) is 1. The van der Waals surface area contributed by atoms with Crippen molar-refractivity contribution in [1.29, 1.82) is 0 Å². The van der Waals surface area contributed by atoms with Crippen LogP contribution in [0.3, 0.4) is 0 Å². The normalized spacial score (nSPS) is 34.3. The fourth-order valence-corrected chi connectivity index (χ4v) is 1.91. The van der Waals surface area contributed by atoms with Gasteiger partial charge in [0.2, 0.25) is 5.91 Å². The number of carbonyl (C=O) groups excluding carboxylic acids is 1. The Hall–Kier alpha value is -0.610. The quantitative estimate of drug-likeness (QED) is 0.587. The lowest BCUT2D eigenvalue weighted by Gasteiger charge is -2.39. The molecule has 4 nitrogen and oxygen atoms in total. The first-order valence-electron chi connectivity index (χ1n) is 4.74. The summed E-state index contributed by atoms with van der Waals surface area (Å²) in [5.41, 5.74) is 11.1. The Morgan fingerprint density at radius 2 is 2.08 bits per heavy atom.